The maximum absolute atomic E-state index is 13.5. The first kappa shape index (κ1) is 15.9. The molecule has 7 heteroatoms. The lowest BCUT2D eigenvalue weighted by Gasteiger charge is -2.38. The predicted octanol–water partition coefficient (Wildman–Crippen LogP) is 2.67. The summed E-state index contributed by atoms with van der Waals surface area (Å²) in [5, 5.41) is 0.710. The molecule has 1 spiro atoms. The van der Waals surface area contributed by atoms with Gasteiger partial charge in [-0.25, -0.2) is 9.18 Å². The number of carbonyl (C=O) groups is 2. The van der Waals surface area contributed by atoms with Gasteiger partial charge in [0, 0.05) is 24.5 Å². The van der Waals surface area contributed by atoms with E-state index < -0.39 is 5.60 Å². The lowest BCUT2D eigenvalue weighted by Crippen LogP contribution is -2.52. The number of carbonyl (C=O) groups excluding carboxylic acids is 2. The van der Waals surface area contributed by atoms with Crippen molar-refractivity contribution in [1.29, 1.82) is 0 Å². The molecule has 3 heterocycles. The fourth-order valence-corrected chi connectivity index (χ4v) is 3.95. The van der Waals surface area contributed by atoms with Gasteiger partial charge in [-0.3, -0.25) is 4.79 Å². The summed E-state index contributed by atoms with van der Waals surface area (Å²) in [6.07, 6.45) is 1.19. The average Bonchev–Trinajstić information content (AvgIpc) is 3.04. The average molecular weight is 345 g/mol. The first-order valence-electron chi connectivity index (χ1n) is 8.40. The van der Waals surface area contributed by atoms with Crippen molar-refractivity contribution < 1.29 is 18.7 Å². The van der Waals surface area contributed by atoms with Gasteiger partial charge in [0.25, 0.3) is 5.91 Å². The molecule has 2 amide bonds. The zero-order valence-corrected chi connectivity index (χ0v) is 14.3. The molecule has 2 saturated heterocycles. The van der Waals surface area contributed by atoms with Crippen LogP contribution in [0.1, 0.15) is 28.9 Å². The Balaban J connectivity index is 1.63. The van der Waals surface area contributed by atoms with Crippen molar-refractivity contribution in [3.05, 3.63) is 35.3 Å². The van der Waals surface area contributed by atoms with E-state index >= 15 is 0 Å². The van der Waals surface area contributed by atoms with E-state index in [1.165, 1.54) is 12.1 Å². The van der Waals surface area contributed by atoms with Crippen LogP contribution < -0.4 is 0 Å². The smallest absolute Gasteiger partial charge is 0.410 e. The van der Waals surface area contributed by atoms with Crippen molar-refractivity contribution in [1.82, 2.24) is 14.8 Å². The fourth-order valence-electron chi connectivity index (χ4n) is 3.95. The quantitative estimate of drug-likeness (QED) is 0.864. The van der Waals surface area contributed by atoms with Crippen LogP contribution >= 0.6 is 0 Å². The maximum atomic E-state index is 13.5. The summed E-state index contributed by atoms with van der Waals surface area (Å²) in [5.74, 6) is -0.467. The third-order valence-corrected chi connectivity index (χ3v) is 5.20. The Morgan fingerprint density at radius 1 is 1.36 bits per heavy atom. The number of nitrogens with zero attached hydrogens (tertiary/aromatic N) is 2. The van der Waals surface area contributed by atoms with Crippen molar-refractivity contribution in [3.8, 4) is 0 Å². The molecule has 1 atom stereocenters. The molecule has 0 unspecified atom stereocenters. The maximum Gasteiger partial charge on any atom is 0.410 e. The van der Waals surface area contributed by atoms with Gasteiger partial charge in [-0.05, 0) is 43.5 Å². The van der Waals surface area contributed by atoms with Gasteiger partial charge in [-0.2, -0.15) is 0 Å². The SMILES string of the molecule is Cc1c(C(=O)N2CCC[C@@]3(CN(C)C(=O)O3)C2)[nH]c2ccc(F)cc12. The number of aromatic nitrogens is 1. The molecule has 1 aromatic carbocycles. The van der Waals surface area contributed by atoms with Crippen LogP contribution in [0.5, 0.6) is 0 Å². The highest BCUT2D eigenvalue weighted by Crippen LogP contribution is 2.32. The van der Waals surface area contributed by atoms with Crippen LogP contribution in [0.2, 0.25) is 0 Å². The monoisotopic (exact) mass is 345 g/mol. The number of benzene rings is 1. The number of nitrogens with one attached hydrogen (secondary N) is 1. The van der Waals surface area contributed by atoms with E-state index in [9.17, 15) is 14.0 Å². The van der Waals surface area contributed by atoms with Crippen LogP contribution in [0, 0.1) is 12.7 Å². The molecule has 2 aliphatic rings. The standard InChI is InChI=1S/C18H20FN3O3/c1-11-13-8-12(19)4-5-14(13)20-15(11)16(23)22-7-3-6-18(10-22)9-21(2)17(24)25-18/h4-5,8,20H,3,6-7,9-10H2,1-2H3/t18-/m1/s1. The topological polar surface area (TPSA) is 65.6 Å². The van der Waals surface area contributed by atoms with Gasteiger partial charge in [-0.1, -0.05) is 0 Å². The Morgan fingerprint density at radius 2 is 2.16 bits per heavy atom. The number of rotatable bonds is 1. The van der Waals surface area contributed by atoms with Crippen LogP contribution in [0.25, 0.3) is 10.9 Å². The van der Waals surface area contributed by atoms with E-state index in [1.807, 2.05) is 6.92 Å². The Morgan fingerprint density at radius 3 is 2.88 bits per heavy atom. The Hall–Kier alpha value is -2.57. The molecule has 6 nitrogen and oxygen atoms in total. The number of aromatic amines is 1. The highest BCUT2D eigenvalue weighted by molar-refractivity contribution is 6.01. The molecule has 0 bridgehead atoms. The van der Waals surface area contributed by atoms with Crippen LogP contribution in [-0.2, 0) is 4.74 Å². The van der Waals surface area contributed by atoms with Gasteiger partial charge in [0.1, 0.15) is 17.1 Å². The lowest BCUT2D eigenvalue weighted by molar-refractivity contribution is -0.00540. The van der Waals surface area contributed by atoms with Crippen molar-refractivity contribution in [2.24, 2.45) is 0 Å². The van der Waals surface area contributed by atoms with E-state index in [1.54, 1.807) is 22.9 Å². The molecule has 2 fully saturated rings. The number of fused-ring (bicyclic) bond motifs is 1. The minimum atomic E-state index is -0.619. The van der Waals surface area contributed by atoms with Crippen molar-refractivity contribution in [3.63, 3.8) is 0 Å². The van der Waals surface area contributed by atoms with Gasteiger partial charge in [0.15, 0.2) is 0 Å². The molecular formula is C18H20FN3O3. The molecule has 0 saturated carbocycles. The van der Waals surface area contributed by atoms with Crippen molar-refractivity contribution in [2.75, 3.05) is 26.7 Å². The summed E-state index contributed by atoms with van der Waals surface area (Å²) in [5.41, 5.74) is 1.32. The molecule has 0 aliphatic carbocycles. The summed E-state index contributed by atoms with van der Waals surface area (Å²) in [7, 11) is 1.70. The molecule has 132 valence electrons. The normalized spacial score (nSPS) is 23.6. The highest BCUT2D eigenvalue weighted by atomic mass is 19.1. The second-order valence-electron chi connectivity index (χ2n) is 7.05. The number of H-pyrrole nitrogens is 1. The molecule has 4 rings (SSSR count). The number of halogens is 1. The number of hydrogen-bond donors (Lipinski definition) is 1. The van der Waals surface area contributed by atoms with Gasteiger partial charge >= 0.3 is 6.09 Å². The van der Waals surface area contributed by atoms with E-state index in [-0.39, 0.29) is 17.8 Å². The lowest BCUT2D eigenvalue weighted by atomic mass is 9.92. The van der Waals surface area contributed by atoms with E-state index in [0.717, 1.165) is 23.9 Å². The molecule has 25 heavy (non-hydrogen) atoms. The van der Waals surface area contributed by atoms with E-state index in [4.69, 9.17) is 4.74 Å². The number of aryl methyl sites for hydroxylation is 1. The number of likely N-dealkylation sites (tertiary alicyclic amines) is 1. The highest BCUT2D eigenvalue weighted by Gasteiger charge is 2.47. The first-order chi connectivity index (χ1) is 11.9. The van der Waals surface area contributed by atoms with E-state index in [0.29, 0.717) is 30.7 Å². The second kappa shape index (κ2) is 5.47. The molecule has 2 aromatic rings. The molecule has 1 aromatic heterocycles. The number of ether oxygens (including phenoxy) is 1. The van der Waals surface area contributed by atoms with Gasteiger partial charge in [0.2, 0.25) is 0 Å². The number of piperidine rings is 1. The number of hydrogen-bond acceptors (Lipinski definition) is 3. The van der Waals surface area contributed by atoms with Crippen molar-refractivity contribution in [2.45, 2.75) is 25.4 Å². The third kappa shape index (κ3) is 2.54. The fraction of sp³-hybridized carbons (Fsp3) is 0.444. The zero-order valence-electron chi connectivity index (χ0n) is 14.3. The molecule has 0 radical (unpaired) electrons. The van der Waals surface area contributed by atoms with Gasteiger partial charge in [0.05, 0.1) is 13.1 Å². The number of likely N-dealkylation sites (N-methyl/N-ethyl adjacent to an activating group) is 1. The Bertz CT molecular complexity index is 878. The second-order valence-corrected chi connectivity index (χ2v) is 7.05. The summed E-state index contributed by atoms with van der Waals surface area (Å²) in [6, 6.07) is 4.44. The van der Waals surface area contributed by atoms with Gasteiger partial charge < -0.3 is 19.5 Å². The largest absolute Gasteiger partial charge is 0.439 e. The van der Waals surface area contributed by atoms with Crippen LogP contribution in [0.3, 0.4) is 0 Å². The Kier molecular flexibility index (Phi) is 3.49. The van der Waals surface area contributed by atoms with Crippen LogP contribution in [0.15, 0.2) is 18.2 Å². The molecular weight excluding hydrogens is 325 g/mol. The summed E-state index contributed by atoms with van der Waals surface area (Å²) in [4.78, 5) is 31.2. The molecule has 2 aliphatic heterocycles. The minimum Gasteiger partial charge on any atom is -0.439 e. The minimum absolute atomic E-state index is 0.140. The molecule has 1 N–H and O–H groups in total. The number of amides is 2. The van der Waals surface area contributed by atoms with E-state index in [2.05, 4.69) is 4.98 Å². The third-order valence-electron chi connectivity index (χ3n) is 5.20. The summed E-state index contributed by atoms with van der Waals surface area (Å²) >= 11 is 0. The Labute approximate surface area is 144 Å². The van der Waals surface area contributed by atoms with Crippen molar-refractivity contribution >= 4 is 22.9 Å². The van der Waals surface area contributed by atoms with Gasteiger partial charge in [-0.15, -0.1) is 0 Å². The predicted molar refractivity (Wildman–Crippen MR) is 90.0 cm³/mol. The van der Waals surface area contributed by atoms with Crippen LogP contribution in [0.4, 0.5) is 9.18 Å². The summed E-state index contributed by atoms with van der Waals surface area (Å²) in [6.45, 7) is 3.30. The summed E-state index contributed by atoms with van der Waals surface area (Å²) < 4.78 is 19.0. The first-order valence-corrected chi connectivity index (χ1v) is 8.40. The van der Waals surface area contributed by atoms with Crippen LogP contribution in [-0.4, -0.2) is 59.1 Å². The zero-order chi connectivity index (χ0) is 17.8.